The van der Waals surface area contributed by atoms with Gasteiger partial charge >= 0.3 is 0 Å². The molecular weight excluding hydrogens is 277 g/mol. The van der Waals surface area contributed by atoms with E-state index < -0.39 is 0 Å². The van der Waals surface area contributed by atoms with Gasteiger partial charge in [0.2, 0.25) is 0 Å². The first-order chi connectivity index (χ1) is 10.7. The summed E-state index contributed by atoms with van der Waals surface area (Å²) < 4.78 is 19.4. The largest absolute Gasteiger partial charge is 0.493 e. The molecule has 3 heteroatoms. The van der Waals surface area contributed by atoms with Crippen LogP contribution in [0.15, 0.2) is 48.5 Å². The zero-order valence-corrected chi connectivity index (χ0v) is 12.8. The van der Waals surface area contributed by atoms with Gasteiger partial charge in [-0.3, -0.25) is 0 Å². The van der Waals surface area contributed by atoms with Gasteiger partial charge < -0.3 is 4.74 Å². The van der Waals surface area contributed by atoms with Crippen molar-refractivity contribution in [2.45, 2.75) is 32.1 Å². The van der Waals surface area contributed by atoms with Crippen molar-refractivity contribution >= 4 is 0 Å². The van der Waals surface area contributed by atoms with Crippen LogP contribution in [-0.4, -0.2) is 6.61 Å². The topological polar surface area (TPSA) is 33.0 Å². The van der Waals surface area contributed by atoms with Gasteiger partial charge in [-0.25, -0.2) is 4.39 Å². The van der Waals surface area contributed by atoms with Gasteiger partial charge in [0.15, 0.2) is 0 Å². The van der Waals surface area contributed by atoms with Crippen LogP contribution in [0.1, 0.15) is 36.3 Å². The number of nitriles is 1. The van der Waals surface area contributed by atoms with E-state index in [9.17, 15) is 9.65 Å². The Morgan fingerprint density at radius 3 is 2.55 bits per heavy atom. The minimum absolute atomic E-state index is 0.301. The number of unbranched alkanes of at least 4 members (excludes halogenated alkanes) is 1. The maximum atomic E-state index is 13.7. The molecule has 0 bridgehead atoms. The molecule has 0 fully saturated rings. The molecule has 2 nitrogen and oxygen atoms in total. The third-order valence-electron chi connectivity index (χ3n) is 3.67. The highest BCUT2D eigenvalue weighted by Gasteiger charge is 2.14. The van der Waals surface area contributed by atoms with Crippen LogP contribution in [0.4, 0.5) is 4.39 Å². The Bertz CT molecular complexity index is 648. The maximum absolute atomic E-state index is 13.7. The van der Waals surface area contributed by atoms with Crippen molar-refractivity contribution < 1.29 is 9.13 Å². The lowest BCUT2D eigenvalue weighted by molar-refractivity contribution is 0.302. The van der Waals surface area contributed by atoms with E-state index in [1.54, 1.807) is 18.2 Å². The lowest BCUT2D eigenvalue weighted by Crippen LogP contribution is -2.02. The molecule has 0 aliphatic carbocycles. The van der Waals surface area contributed by atoms with Crippen molar-refractivity contribution in [2.75, 3.05) is 6.61 Å². The Morgan fingerprint density at radius 2 is 1.82 bits per heavy atom. The average Bonchev–Trinajstić information content (AvgIpc) is 2.53. The van der Waals surface area contributed by atoms with Crippen molar-refractivity contribution in [3.05, 3.63) is 65.5 Å². The van der Waals surface area contributed by atoms with Crippen LogP contribution in [0.25, 0.3) is 0 Å². The summed E-state index contributed by atoms with van der Waals surface area (Å²) in [5, 5.41) is 9.23. The molecule has 0 saturated heterocycles. The number of rotatable bonds is 7. The molecular formula is C19H20FNO. The second-order valence-electron chi connectivity index (χ2n) is 5.31. The quantitative estimate of drug-likeness (QED) is 0.674. The monoisotopic (exact) mass is 297 g/mol. The smallest absolute Gasteiger partial charge is 0.127 e. The van der Waals surface area contributed by atoms with Gasteiger partial charge in [0, 0.05) is 5.56 Å². The van der Waals surface area contributed by atoms with Crippen LogP contribution in [0, 0.1) is 24.1 Å². The molecule has 22 heavy (non-hydrogen) atoms. The molecule has 0 aliphatic rings. The molecule has 2 aromatic rings. The van der Waals surface area contributed by atoms with Crippen molar-refractivity contribution in [3.63, 3.8) is 0 Å². The lowest BCUT2D eigenvalue weighted by Gasteiger charge is -2.11. The fourth-order valence-electron chi connectivity index (χ4n) is 2.40. The highest BCUT2D eigenvalue weighted by atomic mass is 19.1. The number of para-hydroxylation sites is 1. The first-order valence-corrected chi connectivity index (χ1v) is 7.55. The van der Waals surface area contributed by atoms with E-state index in [-0.39, 0.29) is 11.7 Å². The highest BCUT2D eigenvalue weighted by molar-refractivity contribution is 5.31. The summed E-state index contributed by atoms with van der Waals surface area (Å²) in [5.41, 5.74) is 1.61. The average molecular weight is 297 g/mol. The molecule has 2 rings (SSSR count). The van der Waals surface area contributed by atoms with E-state index in [0.29, 0.717) is 18.6 Å². The molecule has 0 saturated carbocycles. The van der Waals surface area contributed by atoms with E-state index in [4.69, 9.17) is 4.74 Å². The van der Waals surface area contributed by atoms with Crippen LogP contribution in [0.3, 0.4) is 0 Å². The van der Waals surface area contributed by atoms with E-state index >= 15 is 0 Å². The highest BCUT2D eigenvalue weighted by Crippen LogP contribution is 2.24. The first-order valence-electron chi connectivity index (χ1n) is 7.55. The fraction of sp³-hybridized carbons (Fsp3) is 0.316. The van der Waals surface area contributed by atoms with E-state index in [0.717, 1.165) is 24.2 Å². The van der Waals surface area contributed by atoms with Gasteiger partial charge in [0.05, 0.1) is 18.6 Å². The normalized spacial score (nSPS) is 11.7. The number of benzene rings is 2. The zero-order valence-electron chi connectivity index (χ0n) is 12.8. The fourth-order valence-corrected chi connectivity index (χ4v) is 2.40. The number of halogens is 1. The van der Waals surface area contributed by atoms with Crippen LogP contribution in [0.2, 0.25) is 0 Å². The van der Waals surface area contributed by atoms with Crippen LogP contribution in [-0.2, 0) is 0 Å². The molecule has 0 amide bonds. The summed E-state index contributed by atoms with van der Waals surface area (Å²) in [6, 6.07) is 16.6. The predicted octanol–water partition coefficient (Wildman–Crippen LogP) is 4.99. The number of hydrogen-bond donors (Lipinski definition) is 0. The molecule has 0 aliphatic heterocycles. The number of ether oxygens (including phenoxy) is 1. The number of nitrogens with zero attached hydrogens (tertiary/aromatic N) is 1. The van der Waals surface area contributed by atoms with Gasteiger partial charge in [-0.15, -0.1) is 0 Å². The second kappa shape index (κ2) is 8.19. The first kappa shape index (κ1) is 16.0. The summed E-state index contributed by atoms with van der Waals surface area (Å²) >= 11 is 0. The Hall–Kier alpha value is -2.34. The summed E-state index contributed by atoms with van der Waals surface area (Å²) in [6.07, 6.45) is 2.33. The van der Waals surface area contributed by atoms with Gasteiger partial charge in [0.25, 0.3) is 0 Å². The SMILES string of the molecule is Cc1ccccc1OCCCCC(C#N)c1ccccc1F. The maximum Gasteiger partial charge on any atom is 0.127 e. The molecule has 0 spiro atoms. The molecule has 0 radical (unpaired) electrons. The molecule has 1 atom stereocenters. The molecule has 0 aromatic heterocycles. The minimum Gasteiger partial charge on any atom is -0.493 e. The van der Waals surface area contributed by atoms with E-state index in [1.165, 1.54) is 6.07 Å². The van der Waals surface area contributed by atoms with E-state index in [1.807, 2.05) is 31.2 Å². The third-order valence-corrected chi connectivity index (χ3v) is 3.67. The third kappa shape index (κ3) is 4.33. The Morgan fingerprint density at radius 1 is 1.09 bits per heavy atom. The van der Waals surface area contributed by atoms with Gasteiger partial charge in [-0.2, -0.15) is 5.26 Å². The zero-order chi connectivity index (χ0) is 15.8. The van der Waals surface area contributed by atoms with Gasteiger partial charge in [-0.05, 0) is 43.9 Å². The minimum atomic E-state index is -0.389. The summed E-state index contributed by atoms with van der Waals surface area (Å²) in [7, 11) is 0. The van der Waals surface area contributed by atoms with Crippen molar-refractivity contribution in [2.24, 2.45) is 0 Å². The van der Waals surface area contributed by atoms with Crippen LogP contribution >= 0.6 is 0 Å². The van der Waals surface area contributed by atoms with E-state index in [2.05, 4.69) is 6.07 Å². The van der Waals surface area contributed by atoms with Gasteiger partial charge in [-0.1, -0.05) is 36.4 Å². The van der Waals surface area contributed by atoms with Crippen molar-refractivity contribution in [3.8, 4) is 11.8 Å². The molecule has 2 aromatic carbocycles. The van der Waals surface area contributed by atoms with Gasteiger partial charge in [0.1, 0.15) is 11.6 Å². The molecule has 1 unspecified atom stereocenters. The number of hydrogen-bond acceptors (Lipinski definition) is 2. The molecule has 0 heterocycles. The summed E-state index contributed by atoms with van der Waals surface area (Å²) in [4.78, 5) is 0. The summed E-state index contributed by atoms with van der Waals surface area (Å²) in [5.74, 6) is 0.207. The Labute approximate surface area is 131 Å². The van der Waals surface area contributed by atoms with Crippen LogP contribution in [0.5, 0.6) is 5.75 Å². The Kier molecular flexibility index (Phi) is 5.97. The van der Waals surface area contributed by atoms with Crippen LogP contribution < -0.4 is 4.74 Å². The Balaban J connectivity index is 1.77. The second-order valence-corrected chi connectivity index (χ2v) is 5.31. The number of aryl methyl sites for hydroxylation is 1. The summed E-state index contributed by atoms with van der Waals surface area (Å²) in [6.45, 7) is 2.62. The predicted molar refractivity (Wildman–Crippen MR) is 85.3 cm³/mol. The standard InChI is InChI=1S/C19H20FNO/c1-15-8-2-5-12-19(15)22-13-7-6-9-16(14-21)17-10-3-4-11-18(17)20/h2-5,8,10-12,16H,6-7,9,13H2,1H3. The molecule has 0 N–H and O–H groups in total. The van der Waals surface area contributed by atoms with Crippen molar-refractivity contribution in [1.82, 2.24) is 0 Å². The van der Waals surface area contributed by atoms with Crippen molar-refractivity contribution in [1.29, 1.82) is 5.26 Å². The molecule has 114 valence electrons. The lowest BCUT2D eigenvalue weighted by atomic mass is 9.94.